The van der Waals surface area contributed by atoms with E-state index in [1.165, 1.54) is 16.1 Å². The fraction of sp³-hybridized carbons (Fsp3) is 0.250. The largest absolute Gasteiger partial charge is 0.480 e. The summed E-state index contributed by atoms with van der Waals surface area (Å²) in [6, 6.07) is 25.5. The van der Waals surface area contributed by atoms with Crippen molar-refractivity contribution < 1.29 is 14.7 Å². The van der Waals surface area contributed by atoms with Gasteiger partial charge in [-0.3, -0.25) is 4.79 Å². The summed E-state index contributed by atoms with van der Waals surface area (Å²) in [7, 11) is 0. The summed E-state index contributed by atoms with van der Waals surface area (Å²) in [6.07, 6.45) is 2.29. The van der Waals surface area contributed by atoms with Gasteiger partial charge in [0.15, 0.2) is 0 Å². The molecule has 2 N–H and O–H groups in total. The van der Waals surface area contributed by atoms with E-state index in [0.717, 1.165) is 28.8 Å². The van der Waals surface area contributed by atoms with E-state index < -0.39 is 12.0 Å². The van der Waals surface area contributed by atoms with Crippen molar-refractivity contribution in [2.75, 3.05) is 16.9 Å². The van der Waals surface area contributed by atoms with E-state index in [1.54, 1.807) is 23.1 Å². The van der Waals surface area contributed by atoms with E-state index in [-0.39, 0.29) is 24.8 Å². The molecule has 8 heteroatoms. The van der Waals surface area contributed by atoms with Gasteiger partial charge in [-0.1, -0.05) is 60.7 Å². The number of aryl methyl sites for hydroxylation is 2. The van der Waals surface area contributed by atoms with Crippen molar-refractivity contribution in [2.24, 2.45) is 0 Å². The number of nitrogens with zero attached hydrogens (tertiary/aromatic N) is 1. The third-order valence-electron chi connectivity index (χ3n) is 6.60. The first-order valence-electron chi connectivity index (χ1n) is 12.9. The minimum atomic E-state index is -1.02. The molecule has 0 aliphatic rings. The number of carboxylic acid groups (broad SMARTS) is 1. The number of amides is 1. The minimum absolute atomic E-state index is 0. The first-order chi connectivity index (χ1) is 18.9. The van der Waals surface area contributed by atoms with Gasteiger partial charge >= 0.3 is 5.97 Å². The maximum atomic E-state index is 13.4. The molecule has 1 heterocycles. The van der Waals surface area contributed by atoms with E-state index in [2.05, 4.69) is 58.9 Å². The molecule has 0 unspecified atom stereocenters. The number of rotatable bonds is 12. The van der Waals surface area contributed by atoms with Gasteiger partial charge < -0.3 is 15.3 Å². The molecule has 0 saturated heterocycles. The van der Waals surface area contributed by atoms with Gasteiger partial charge in [0.25, 0.3) is 5.91 Å². The molecule has 40 heavy (non-hydrogen) atoms. The van der Waals surface area contributed by atoms with E-state index >= 15 is 0 Å². The van der Waals surface area contributed by atoms with Crippen LogP contribution in [0.3, 0.4) is 0 Å². The Balaban J connectivity index is 0.00000441. The predicted octanol–water partition coefficient (Wildman–Crippen LogP) is 6.79. The standard InChI is InChI=1S/C32H34N2O3S2.Li/c1-22-17-30(39-21-22)34(19-24-10-5-4-6-11-24)20-25-13-14-27(28(18-25)26-12-8-7-9-23(26)2)31(35)33-29(32(36)37)15-16-38-3;/h4-14,17-18,21,29H,15-16,19-20H2,1-3H3,(H,33,35)(H,36,37);/t29-;/m0./s1. The second-order valence-electron chi connectivity index (χ2n) is 9.64. The molecular weight excluding hydrogens is 531 g/mol. The van der Waals surface area contributed by atoms with Crippen molar-refractivity contribution >= 4 is 58.8 Å². The van der Waals surface area contributed by atoms with Crippen LogP contribution in [0.4, 0.5) is 5.00 Å². The number of benzene rings is 3. The number of nitrogens with one attached hydrogen (secondary N) is 1. The quantitative estimate of drug-likeness (QED) is 0.185. The van der Waals surface area contributed by atoms with E-state index in [9.17, 15) is 14.7 Å². The van der Waals surface area contributed by atoms with Crippen LogP contribution in [-0.2, 0) is 17.9 Å². The SMILES string of the molecule is CSCC[C@H](NC(=O)c1ccc(CN(Cc2ccccc2)c2cc(C)cs2)cc1-c1ccccc1C)C(=O)O.[Li]. The number of carbonyl (C=O) groups excluding carboxylic acids is 1. The molecule has 0 aliphatic carbocycles. The summed E-state index contributed by atoms with van der Waals surface area (Å²) in [4.78, 5) is 27.6. The fourth-order valence-electron chi connectivity index (χ4n) is 4.53. The van der Waals surface area contributed by atoms with Crippen LogP contribution in [0.5, 0.6) is 0 Å². The average molecular weight is 566 g/mol. The summed E-state index contributed by atoms with van der Waals surface area (Å²) in [6.45, 7) is 5.56. The van der Waals surface area contributed by atoms with Gasteiger partial charge in [0.1, 0.15) is 6.04 Å². The van der Waals surface area contributed by atoms with Gasteiger partial charge in [-0.25, -0.2) is 4.79 Å². The van der Waals surface area contributed by atoms with Gasteiger partial charge in [0, 0.05) is 37.5 Å². The number of hydrogen-bond donors (Lipinski definition) is 2. The first-order valence-corrected chi connectivity index (χ1v) is 15.2. The van der Waals surface area contributed by atoms with Crippen molar-refractivity contribution in [1.29, 1.82) is 0 Å². The van der Waals surface area contributed by atoms with Gasteiger partial charge in [0.2, 0.25) is 0 Å². The number of thioether (sulfide) groups is 1. The fourth-order valence-corrected chi connectivity index (χ4v) is 5.91. The molecule has 1 aromatic heterocycles. The Labute approximate surface area is 257 Å². The van der Waals surface area contributed by atoms with Gasteiger partial charge in [-0.05, 0) is 89.2 Å². The van der Waals surface area contributed by atoms with Gasteiger partial charge in [-0.15, -0.1) is 11.3 Å². The summed E-state index contributed by atoms with van der Waals surface area (Å²) in [5.74, 6) is -0.738. The Morgan fingerprint density at radius 2 is 1.62 bits per heavy atom. The normalized spacial score (nSPS) is 11.4. The van der Waals surface area contributed by atoms with Gasteiger partial charge in [-0.2, -0.15) is 11.8 Å². The van der Waals surface area contributed by atoms with Crippen LogP contribution in [0, 0.1) is 13.8 Å². The average Bonchev–Trinajstić information content (AvgIpc) is 3.37. The molecule has 203 valence electrons. The van der Waals surface area contributed by atoms with Crippen LogP contribution in [0.15, 0.2) is 84.2 Å². The number of carboxylic acids is 1. The van der Waals surface area contributed by atoms with Crippen LogP contribution in [0.2, 0.25) is 0 Å². The minimum Gasteiger partial charge on any atom is -0.480 e. The molecule has 5 nitrogen and oxygen atoms in total. The molecule has 0 spiro atoms. The predicted molar refractivity (Wildman–Crippen MR) is 170 cm³/mol. The summed E-state index contributed by atoms with van der Waals surface area (Å²) in [5.41, 5.74) is 6.82. The van der Waals surface area contributed by atoms with Crippen LogP contribution < -0.4 is 10.2 Å². The molecule has 0 aliphatic heterocycles. The molecule has 1 radical (unpaired) electrons. The summed E-state index contributed by atoms with van der Waals surface area (Å²) >= 11 is 3.29. The van der Waals surface area contributed by atoms with Crippen LogP contribution in [-0.4, -0.2) is 53.9 Å². The van der Waals surface area contributed by atoms with Crippen molar-refractivity contribution in [3.05, 3.63) is 112 Å². The van der Waals surface area contributed by atoms with Crippen molar-refractivity contribution in [1.82, 2.24) is 5.32 Å². The maximum Gasteiger partial charge on any atom is 0.326 e. The monoisotopic (exact) mass is 565 g/mol. The topological polar surface area (TPSA) is 69.6 Å². The Morgan fingerprint density at radius 1 is 0.925 bits per heavy atom. The summed E-state index contributed by atoms with van der Waals surface area (Å²) in [5, 5.41) is 15.8. The van der Waals surface area contributed by atoms with Crippen molar-refractivity contribution in [2.45, 2.75) is 39.4 Å². The van der Waals surface area contributed by atoms with Crippen LogP contribution in [0.1, 0.15) is 39.0 Å². The third-order valence-corrected chi connectivity index (χ3v) is 8.35. The molecule has 0 bridgehead atoms. The molecule has 1 atom stereocenters. The Morgan fingerprint density at radius 3 is 2.27 bits per heavy atom. The second-order valence-corrected chi connectivity index (χ2v) is 11.5. The Hall–Kier alpha value is -2.95. The van der Waals surface area contributed by atoms with E-state index in [4.69, 9.17) is 0 Å². The molecule has 4 rings (SSSR count). The molecule has 0 saturated carbocycles. The van der Waals surface area contributed by atoms with E-state index in [0.29, 0.717) is 24.3 Å². The molecular formula is C32H34LiN2O3S2. The zero-order valence-corrected chi connectivity index (χ0v) is 25.1. The van der Waals surface area contributed by atoms with Crippen LogP contribution >= 0.6 is 23.1 Å². The van der Waals surface area contributed by atoms with Crippen molar-refractivity contribution in [3.8, 4) is 11.1 Å². The number of anilines is 1. The molecule has 1 amide bonds. The number of hydrogen-bond acceptors (Lipinski definition) is 5. The maximum absolute atomic E-state index is 13.4. The first kappa shape index (κ1) is 31.6. The zero-order chi connectivity index (χ0) is 27.8. The van der Waals surface area contributed by atoms with Crippen LogP contribution in [0.25, 0.3) is 11.1 Å². The smallest absolute Gasteiger partial charge is 0.326 e. The Kier molecular flexibility index (Phi) is 12.0. The summed E-state index contributed by atoms with van der Waals surface area (Å²) < 4.78 is 0. The number of aliphatic carboxylic acids is 1. The van der Waals surface area contributed by atoms with Crippen molar-refractivity contribution in [3.63, 3.8) is 0 Å². The molecule has 4 aromatic rings. The second kappa shape index (κ2) is 15.2. The zero-order valence-electron chi connectivity index (χ0n) is 23.5. The molecule has 0 fully saturated rings. The third kappa shape index (κ3) is 8.28. The number of thiophene rings is 1. The molecule has 3 aromatic carbocycles. The number of carbonyl (C=O) groups is 2. The van der Waals surface area contributed by atoms with Gasteiger partial charge in [0.05, 0.1) is 5.00 Å². The Bertz CT molecular complexity index is 1420. The van der Waals surface area contributed by atoms with E-state index in [1.807, 2.05) is 55.6 Å².